The molecule has 1 aromatic carbocycles. The molecule has 0 unspecified atom stereocenters. The number of hydrogen-bond donors (Lipinski definition) is 1. The number of rotatable bonds is 6. The third-order valence-electron chi connectivity index (χ3n) is 7.01. The van der Waals surface area contributed by atoms with Gasteiger partial charge >= 0.3 is 6.09 Å². The van der Waals surface area contributed by atoms with Crippen molar-refractivity contribution in [3.8, 4) is 5.75 Å². The molecule has 14 heteroatoms. The van der Waals surface area contributed by atoms with E-state index < -0.39 is 53.7 Å². The summed E-state index contributed by atoms with van der Waals surface area (Å²) in [5.74, 6) is -3.49. The number of amides is 3. The second-order valence-electron chi connectivity index (χ2n) is 9.57. The summed E-state index contributed by atoms with van der Waals surface area (Å²) in [7, 11) is 0. The van der Waals surface area contributed by atoms with E-state index in [1.165, 1.54) is 26.6 Å². The molecule has 214 valence electrons. The van der Waals surface area contributed by atoms with Crippen molar-refractivity contribution >= 4 is 17.9 Å². The lowest BCUT2D eigenvalue weighted by molar-refractivity contribution is -0.112. The Hall–Kier alpha value is -4.04. The van der Waals surface area contributed by atoms with Crippen LogP contribution in [0.15, 0.2) is 29.2 Å². The highest BCUT2D eigenvalue weighted by atomic mass is 19.1. The number of pyridine rings is 1. The zero-order chi connectivity index (χ0) is 28.4. The molecule has 2 aromatic rings. The number of ether oxygens (including phenoxy) is 4. The lowest BCUT2D eigenvalue weighted by atomic mass is 10.1. The van der Waals surface area contributed by atoms with Gasteiger partial charge in [0.2, 0.25) is 18.0 Å². The van der Waals surface area contributed by atoms with Crippen LogP contribution in [-0.4, -0.2) is 84.2 Å². The van der Waals surface area contributed by atoms with E-state index in [-0.39, 0.29) is 36.0 Å². The van der Waals surface area contributed by atoms with E-state index in [0.29, 0.717) is 45.4 Å². The fraction of sp³-hybridized carbons (Fsp3) is 0.462. The van der Waals surface area contributed by atoms with E-state index in [9.17, 15) is 28.0 Å². The van der Waals surface area contributed by atoms with Crippen LogP contribution in [0.5, 0.6) is 5.75 Å². The highest BCUT2D eigenvalue weighted by molar-refractivity contribution is 5.99. The van der Waals surface area contributed by atoms with Gasteiger partial charge in [0, 0.05) is 43.5 Å². The van der Waals surface area contributed by atoms with Crippen LogP contribution in [0.25, 0.3) is 0 Å². The van der Waals surface area contributed by atoms with Crippen LogP contribution in [0.4, 0.5) is 13.6 Å². The summed E-state index contributed by atoms with van der Waals surface area (Å²) < 4.78 is 50.4. The quantitative estimate of drug-likeness (QED) is 0.524. The minimum Gasteiger partial charge on any atom is -0.451 e. The van der Waals surface area contributed by atoms with Crippen molar-refractivity contribution in [2.45, 2.75) is 38.7 Å². The van der Waals surface area contributed by atoms with Crippen molar-refractivity contribution in [1.29, 1.82) is 0 Å². The Labute approximate surface area is 227 Å². The molecule has 1 aromatic heterocycles. The number of aromatic nitrogens is 1. The number of halogens is 2. The Morgan fingerprint density at radius 2 is 1.93 bits per heavy atom. The maximum Gasteiger partial charge on any atom is 0.412 e. The fourth-order valence-electron chi connectivity index (χ4n) is 4.85. The Balaban J connectivity index is 1.42. The summed E-state index contributed by atoms with van der Waals surface area (Å²) in [5.41, 5.74) is -1.40. The molecular weight excluding hydrogens is 534 g/mol. The Kier molecular flexibility index (Phi) is 7.98. The molecule has 0 saturated carbocycles. The van der Waals surface area contributed by atoms with Crippen LogP contribution in [-0.2, 0) is 27.3 Å². The molecule has 3 aliphatic rings. The Morgan fingerprint density at radius 1 is 1.15 bits per heavy atom. The van der Waals surface area contributed by atoms with Crippen molar-refractivity contribution < 1.29 is 42.1 Å². The molecule has 40 heavy (non-hydrogen) atoms. The molecule has 2 fully saturated rings. The smallest absolute Gasteiger partial charge is 0.412 e. The molecule has 3 aliphatic heterocycles. The van der Waals surface area contributed by atoms with Gasteiger partial charge in [0.25, 0.3) is 11.8 Å². The van der Waals surface area contributed by atoms with Crippen molar-refractivity contribution in [2.75, 3.05) is 39.7 Å². The highest BCUT2D eigenvalue weighted by Crippen LogP contribution is 2.30. The van der Waals surface area contributed by atoms with Crippen LogP contribution in [0.1, 0.15) is 39.8 Å². The summed E-state index contributed by atoms with van der Waals surface area (Å²) in [4.78, 5) is 55.4. The molecule has 0 radical (unpaired) electrons. The van der Waals surface area contributed by atoms with Gasteiger partial charge in [-0.05, 0) is 19.4 Å². The Bertz CT molecular complexity index is 1380. The van der Waals surface area contributed by atoms with Gasteiger partial charge < -0.3 is 38.6 Å². The molecule has 2 atom stereocenters. The molecule has 0 bridgehead atoms. The van der Waals surface area contributed by atoms with Gasteiger partial charge in [0.05, 0.1) is 26.4 Å². The van der Waals surface area contributed by atoms with E-state index >= 15 is 0 Å². The molecule has 3 amide bonds. The summed E-state index contributed by atoms with van der Waals surface area (Å²) in [5, 5.41) is 2.44. The first-order valence-electron chi connectivity index (χ1n) is 12.8. The summed E-state index contributed by atoms with van der Waals surface area (Å²) in [6.07, 6.45) is 0.512. The number of carbonyl (C=O) groups is 3. The normalized spacial score (nSPS) is 20.4. The summed E-state index contributed by atoms with van der Waals surface area (Å²) in [6.45, 7) is 2.77. The SMILES string of the molecule is C[C@@H]1CCO[C@H]2Cn3cc(C(=O)NCc4ccc(F)cc4F)c(=O)c(OCOC(=O)N4CCOCC4)c3C(=O)N12. The van der Waals surface area contributed by atoms with Crippen molar-refractivity contribution in [1.82, 2.24) is 19.7 Å². The predicted molar refractivity (Wildman–Crippen MR) is 133 cm³/mol. The van der Waals surface area contributed by atoms with Gasteiger partial charge in [-0.3, -0.25) is 14.4 Å². The van der Waals surface area contributed by atoms with Crippen LogP contribution < -0.4 is 15.5 Å². The van der Waals surface area contributed by atoms with Crippen LogP contribution in [0.2, 0.25) is 0 Å². The molecule has 0 aliphatic carbocycles. The molecule has 5 rings (SSSR count). The number of hydrogen-bond acceptors (Lipinski definition) is 8. The largest absolute Gasteiger partial charge is 0.451 e. The van der Waals surface area contributed by atoms with E-state index in [1.54, 1.807) is 0 Å². The van der Waals surface area contributed by atoms with Crippen molar-refractivity contribution in [3.63, 3.8) is 0 Å². The average molecular weight is 563 g/mol. The molecule has 0 spiro atoms. The number of benzene rings is 1. The third kappa shape index (κ3) is 5.49. The van der Waals surface area contributed by atoms with Crippen LogP contribution in [0, 0.1) is 11.6 Å². The van der Waals surface area contributed by atoms with Crippen molar-refractivity contribution in [3.05, 3.63) is 63.1 Å². The number of carbonyl (C=O) groups excluding carboxylic acids is 3. The van der Waals surface area contributed by atoms with Gasteiger partial charge in [-0.1, -0.05) is 6.07 Å². The zero-order valence-corrected chi connectivity index (χ0v) is 21.7. The summed E-state index contributed by atoms with van der Waals surface area (Å²) in [6, 6.07) is 2.74. The van der Waals surface area contributed by atoms with E-state index in [2.05, 4.69) is 5.32 Å². The number of nitrogens with zero attached hydrogens (tertiary/aromatic N) is 3. The van der Waals surface area contributed by atoms with Gasteiger partial charge in [0.15, 0.2) is 11.9 Å². The fourth-order valence-corrected chi connectivity index (χ4v) is 4.85. The minimum absolute atomic E-state index is 0.00900. The van der Waals surface area contributed by atoms with Gasteiger partial charge in [-0.15, -0.1) is 0 Å². The second-order valence-corrected chi connectivity index (χ2v) is 9.57. The van der Waals surface area contributed by atoms with E-state index in [0.717, 1.165) is 6.07 Å². The van der Waals surface area contributed by atoms with Crippen molar-refractivity contribution in [2.24, 2.45) is 0 Å². The maximum atomic E-state index is 14.1. The number of fused-ring (bicyclic) bond motifs is 2. The topological polar surface area (TPSA) is 129 Å². The predicted octanol–water partition coefficient (Wildman–Crippen LogP) is 1.45. The van der Waals surface area contributed by atoms with Gasteiger partial charge in [-0.2, -0.15) is 0 Å². The molecule has 1 N–H and O–H groups in total. The lowest BCUT2D eigenvalue weighted by Crippen LogP contribution is -2.57. The first-order chi connectivity index (χ1) is 19.2. The number of morpholine rings is 1. The number of nitrogens with one attached hydrogen (secondary N) is 1. The monoisotopic (exact) mass is 562 g/mol. The first kappa shape index (κ1) is 27.5. The standard InChI is InChI=1S/C26H28F2N4O8/c1-15-4-7-38-20-13-31-12-18(24(34)29-11-16-2-3-17(27)10-19(16)28)22(33)23(21(31)25(35)32(15)20)39-14-40-26(36)30-5-8-37-9-6-30/h2-3,10,12,15,20H,4-9,11,13-14H2,1H3,(H,29,34)/t15-,20+/m1/s1. The zero-order valence-electron chi connectivity index (χ0n) is 21.7. The summed E-state index contributed by atoms with van der Waals surface area (Å²) >= 11 is 0. The van der Waals surface area contributed by atoms with E-state index in [1.807, 2.05) is 6.92 Å². The molecule has 2 saturated heterocycles. The first-order valence-corrected chi connectivity index (χ1v) is 12.8. The van der Waals surface area contributed by atoms with Crippen LogP contribution >= 0.6 is 0 Å². The minimum atomic E-state index is -0.914. The molecular formula is C26H28F2N4O8. The third-order valence-corrected chi connectivity index (χ3v) is 7.01. The lowest BCUT2D eigenvalue weighted by Gasteiger charge is -2.44. The van der Waals surface area contributed by atoms with Crippen LogP contribution in [0.3, 0.4) is 0 Å². The van der Waals surface area contributed by atoms with Gasteiger partial charge in [-0.25, -0.2) is 13.6 Å². The van der Waals surface area contributed by atoms with Gasteiger partial charge in [0.1, 0.15) is 17.2 Å². The van der Waals surface area contributed by atoms with E-state index in [4.69, 9.17) is 18.9 Å². The maximum absolute atomic E-state index is 14.1. The highest BCUT2D eigenvalue weighted by Gasteiger charge is 2.41. The molecule has 12 nitrogen and oxygen atoms in total. The second kappa shape index (κ2) is 11.6. The average Bonchev–Trinajstić information content (AvgIpc) is 2.94. The Morgan fingerprint density at radius 3 is 2.67 bits per heavy atom. The molecule has 4 heterocycles.